The number of rotatable bonds is 7. The predicted octanol–water partition coefficient (Wildman–Crippen LogP) is 1.72. The normalized spacial score (nSPS) is 12.5. The Hall–Kier alpha value is -0.570. The first-order valence-electron chi connectivity index (χ1n) is 5.09. The molecule has 0 aromatic rings. The summed E-state index contributed by atoms with van der Waals surface area (Å²) in [6.07, 6.45) is 3.05. The van der Waals surface area contributed by atoms with Crippen LogP contribution in [0.3, 0.4) is 0 Å². The van der Waals surface area contributed by atoms with Gasteiger partial charge in [0, 0.05) is 6.04 Å². The second kappa shape index (κ2) is 8.05. The Morgan fingerprint density at radius 2 is 2.15 bits per heavy atom. The third-order valence-electron chi connectivity index (χ3n) is 1.97. The van der Waals surface area contributed by atoms with Gasteiger partial charge in [-0.3, -0.25) is 4.79 Å². The molecule has 3 heteroatoms. The van der Waals surface area contributed by atoms with Gasteiger partial charge < -0.3 is 10.1 Å². The average molecular weight is 187 g/mol. The standard InChI is InChI=1S/C10H21NO2/c1-4-6-7-13-10(12)8-11-9(3)5-2/h9,11H,4-8H2,1-3H3. The molecular formula is C10H21NO2. The Bertz CT molecular complexity index is 137. The second-order valence-electron chi connectivity index (χ2n) is 3.26. The van der Waals surface area contributed by atoms with Crippen LogP contribution in [0.25, 0.3) is 0 Å². The summed E-state index contributed by atoms with van der Waals surface area (Å²) in [5.74, 6) is -0.145. The van der Waals surface area contributed by atoms with E-state index in [1.54, 1.807) is 0 Å². The fourth-order valence-electron chi connectivity index (χ4n) is 0.783. The van der Waals surface area contributed by atoms with Gasteiger partial charge in [-0.05, 0) is 19.8 Å². The highest BCUT2D eigenvalue weighted by Gasteiger charge is 2.03. The third-order valence-corrected chi connectivity index (χ3v) is 1.97. The van der Waals surface area contributed by atoms with E-state index in [-0.39, 0.29) is 5.97 Å². The minimum atomic E-state index is -0.145. The molecule has 0 amide bonds. The van der Waals surface area contributed by atoms with E-state index < -0.39 is 0 Å². The third kappa shape index (κ3) is 7.78. The van der Waals surface area contributed by atoms with E-state index in [2.05, 4.69) is 26.1 Å². The molecule has 0 aromatic carbocycles. The van der Waals surface area contributed by atoms with Crippen LogP contribution in [0.4, 0.5) is 0 Å². The number of ether oxygens (including phenoxy) is 1. The molecule has 0 aromatic heterocycles. The lowest BCUT2D eigenvalue weighted by molar-refractivity contribution is -0.142. The highest BCUT2D eigenvalue weighted by atomic mass is 16.5. The van der Waals surface area contributed by atoms with Crippen molar-refractivity contribution >= 4 is 5.97 Å². The van der Waals surface area contributed by atoms with Crippen LogP contribution in [0, 0.1) is 0 Å². The van der Waals surface area contributed by atoms with Crippen LogP contribution in [0.1, 0.15) is 40.0 Å². The fraction of sp³-hybridized carbons (Fsp3) is 0.900. The van der Waals surface area contributed by atoms with Crippen molar-refractivity contribution in [3.63, 3.8) is 0 Å². The van der Waals surface area contributed by atoms with E-state index >= 15 is 0 Å². The van der Waals surface area contributed by atoms with Crippen LogP contribution in [0.2, 0.25) is 0 Å². The van der Waals surface area contributed by atoms with Crippen molar-refractivity contribution in [2.75, 3.05) is 13.2 Å². The van der Waals surface area contributed by atoms with Crippen LogP contribution in [0.5, 0.6) is 0 Å². The molecule has 0 aliphatic carbocycles. The summed E-state index contributed by atoms with van der Waals surface area (Å²) < 4.78 is 4.98. The van der Waals surface area contributed by atoms with E-state index in [4.69, 9.17) is 4.74 Å². The number of unbranched alkanes of at least 4 members (excludes halogenated alkanes) is 1. The molecular weight excluding hydrogens is 166 g/mol. The van der Waals surface area contributed by atoms with E-state index in [1.807, 2.05) is 0 Å². The van der Waals surface area contributed by atoms with Crippen LogP contribution in [-0.2, 0) is 9.53 Å². The first-order valence-corrected chi connectivity index (χ1v) is 5.09. The summed E-state index contributed by atoms with van der Waals surface area (Å²) in [5.41, 5.74) is 0. The summed E-state index contributed by atoms with van der Waals surface area (Å²) >= 11 is 0. The summed E-state index contributed by atoms with van der Waals surface area (Å²) in [5, 5.41) is 3.08. The summed E-state index contributed by atoms with van der Waals surface area (Å²) in [4.78, 5) is 11.1. The smallest absolute Gasteiger partial charge is 0.319 e. The molecule has 0 fully saturated rings. The van der Waals surface area contributed by atoms with Gasteiger partial charge in [0.15, 0.2) is 0 Å². The van der Waals surface area contributed by atoms with Gasteiger partial charge in [0.25, 0.3) is 0 Å². The molecule has 1 unspecified atom stereocenters. The zero-order valence-electron chi connectivity index (χ0n) is 8.93. The molecule has 13 heavy (non-hydrogen) atoms. The maximum absolute atomic E-state index is 11.1. The monoisotopic (exact) mass is 187 g/mol. The number of carbonyl (C=O) groups is 1. The Balaban J connectivity index is 3.30. The van der Waals surface area contributed by atoms with Gasteiger partial charge in [0.05, 0.1) is 13.2 Å². The zero-order chi connectivity index (χ0) is 10.1. The van der Waals surface area contributed by atoms with E-state index in [1.165, 1.54) is 0 Å². The number of nitrogens with one attached hydrogen (secondary N) is 1. The molecule has 1 atom stereocenters. The molecule has 0 heterocycles. The van der Waals surface area contributed by atoms with Crippen LogP contribution >= 0.6 is 0 Å². The Morgan fingerprint density at radius 1 is 1.46 bits per heavy atom. The van der Waals surface area contributed by atoms with Gasteiger partial charge in [-0.2, -0.15) is 0 Å². The molecule has 78 valence electrons. The quantitative estimate of drug-likeness (QED) is 0.487. The van der Waals surface area contributed by atoms with Crippen molar-refractivity contribution in [3.05, 3.63) is 0 Å². The summed E-state index contributed by atoms with van der Waals surface area (Å²) in [6, 6.07) is 0.388. The maximum Gasteiger partial charge on any atom is 0.319 e. The SMILES string of the molecule is CCCCOC(=O)CNC(C)CC. The van der Waals surface area contributed by atoms with Gasteiger partial charge >= 0.3 is 5.97 Å². The molecule has 0 rings (SSSR count). The second-order valence-corrected chi connectivity index (χ2v) is 3.26. The lowest BCUT2D eigenvalue weighted by Gasteiger charge is -2.10. The van der Waals surface area contributed by atoms with Gasteiger partial charge in [0.1, 0.15) is 0 Å². The minimum Gasteiger partial charge on any atom is -0.465 e. The fourth-order valence-corrected chi connectivity index (χ4v) is 0.783. The Kier molecular flexibility index (Phi) is 7.69. The van der Waals surface area contributed by atoms with Gasteiger partial charge in [0.2, 0.25) is 0 Å². The molecule has 0 spiro atoms. The summed E-state index contributed by atoms with van der Waals surface area (Å²) in [7, 11) is 0. The topological polar surface area (TPSA) is 38.3 Å². The van der Waals surface area contributed by atoms with E-state index in [9.17, 15) is 4.79 Å². The van der Waals surface area contributed by atoms with Crippen LogP contribution in [0.15, 0.2) is 0 Å². The average Bonchev–Trinajstić information content (AvgIpc) is 2.14. The lowest BCUT2D eigenvalue weighted by Crippen LogP contribution is -2.32. The predicted molar refractivity (Wildman–Crippen MR) is 53.6 cm³/mol. The van der Waals surface area contributed by atoms with Crippen LogP contribution < -0.4 is 5.32 Å². The lowest BCUT2D eigenvalue weighted by atomic mass is 10.3. The molecule has 0 aliphatic rings. The first-order chi connectivity index (χ1) is 6.20. The molecule has 0 bridgehead atoms. The Labute approximate surface area is 80.8 Å². The van der Waals surface area contributed by atoms with Gasteiger partial charge in [-0.1, -0.05) is 20.3 Å². The van der Waals surface area contributed by atoms with Crippen molar-refractivity contribution < 1.29 is 9.53 Å². The van der Waals surface area contributed by atoms with Crippen LogP contribution in [-0.4, -0.2) is 25.2 Å². The summed E-state index contributed by atoms with van der Waals surface area (Å²) in [6.45, 7) is 7.10. The largest absolute Gasteiger partial charge is 0.465 e. The van der Waals surface area contributed by atoms with E-state index in [0.29, 0.717) is 19.2 Å². The highest BCUT2D eigenvalue weighted by molar-refractivity contribution is 5.71. The molecule has 1 N–H and O–H groups in total. The maximum atomic E-state index is 11.1. The van der Waals surface area contributed by atoms with Crippen molar-refractivity contribution in [1.29, 1.82) is 0 Å². The number of hydrogen-bond donors (Lipinski definition) is 1. The molecule has 0 saturated carbocycles. The van der Waals surface area contributed by atoms with Crippen molar-refractivity contribution in [2.45, 2.75) is 46.1 Å². The number of esters is 1. The Morgan fingerprint density at radius 3 is 2.69 bits per heavy atom. The van der Waals surface area contributed by atoms with Gasteiger partial charge in [-0.15, -0.1) is 0 Å². The molecule has 0 aliphatic heterocycles. The van der Waals surface area contributed by atoms with Crippen molar-refractivity contribution in [2.24, 2.45) is 0 Å². The van der Waals surface area contributed by atoms with E-state index in [0.717, 1.165) is 19.3 Å². The number of hydrogen-bond acceptors (Lipinski definition) is 3. The first kappa shape index (κ1) is 12.4. The highest BCUT2D eigenvalue weighted by Crippen LogP contribution is 1.90. The number of carbonyl (C=O) groups excluding carboxylic acids is 1. The zero-order valence-corrected chi connectivity index (χ0v) is 8.93. The van der Waals surface area contributed by atoms with Crippen molar-refractivity contribution in [3.8, 4) is 0 Å². The van der Waals surface area contributed by atoms with Gasteiger partial charge in [-0.25, -0.2) is 0 Å². The molecule has 0 radical (unpaired) electrons. The minimum absolute atomic E-state index is 0.145. The van der Waals surface area contributed by atoms with Crippen molar-refractivity contribution in [1.82, 2.24) is 5.32 Å². The molecule has 0 saturated heterocycles. The molecule has 3 nitrogen and oxygen atoms in total.